The van der Waals surface area contributed by atoms with Gasteiger partial charge in [0.1, 0.15) is 12.6 Å². The number of carboxylic acids is 1. The van der Waals surface area contributed by atoms with E-state index in [1.54, 1.807) is 24.3 Å². The third-order valence-electron chi connectivity index (χ3n) is 6.83. The molecule has 0 aliphatic heterocycles. The van der Waals surface area contributed by atoms with Gasteiger partial charge in [-0.15, -0.1) is 0 Å². The molecular formula is C28H26N2O5. The van der Waals surface area contributed by atoms with Crippen molar-refractivity contribution < 1.29 is 24.2 Å². The molecule has 1 fully saturated rings. The van der Waals surface area contributed by atoms with Gasteiger partial charge < -0.3 is 20.5 Å². The number of carboxylic acid groups (broad SMARTS) is 1. The van der Waals surface area contributed by atoms with Crippen LogP contribution in [0.4, 0.5) is 4.79 Å². The Morgan fingerprint density at radius 1 is 0.857 bits per heavy atom. The molecule has 2 aliphatic carbocycles. The molecule has 3 aromatic rings. The Kier molecular flexibility index (Phi) is 6.23. The van der Waals surface area contributed by atoms with Gasteiger partial charge in [-0.1, -0.05) is 78.9 Å². The van der Waals surface area contributed by atoms with Crippen LogP contribution in [0, 0.1) is 5.92 Å². The maximum atomic E-state index is 13.0. The lowest BCUT2D eigenvalue weighted by Crippen LogP contribution is -2.50. The number of fused-ring (bicyclic) bond motifs is 3. The van der Waals surface area contributed by atoms with Crippen LogP contribution < -0.4 is 10.6 Å². The number of carbonyl (C=O) groups is 3. The molecule has 3 aromatic carbocycles. The normalized spacial score (nSPS) is 19.0. The van der Waals surface area contributed by atoms with E-state index in [2.05, 4.69) is 22.8 Å². The topological polar surface area (TPSA) is 105 Å². The fourth-order valence-corrected chi connectivity index (χ4v) is 4.93. The number of amides is 2. The number of rotatable bonds is 7. The Balaban J connectivity index is 1.26. The largest absolute Gasteiger partial charge is 0.481 e. The van der Waals surface area contributed by atoms with Crippen LogP contribution in [-0.4, -0.2) is 35.7 Å². The highest BCUT2D eigenvalue weighted by molar-refractivity contribution is 5.87. The van der Waals surface area contributed by atoms with Crippen LogP contribution in [-0.2, 0) is 14.3 Å². The first-order chi connectivity index (χ1) is 17.0. The van der Waals surface area contributed by atoms with E-state index >= 15 is 0 Å². The van der Waals surface area contributed by atoms with Crippen molar-refractivity contribution in [2.45, 2.75) is 30.8 Å². The molecular weight excluding hydrogens is 444 g/mol. The van der Waals surface area contributed by atoms with Crippen LogP contribution in [0.3, 0.4) is 0 Å². The van der Waals surface area contributed by atoms with Crippen LogP contribution in [0.5, 0.6) is 0 Å². The van der Waals surface area contributed by atoms with Crippen LogP contribution in [0.15, 0.2) is 78.9 Å². The molecule has 0 aromatic heterocycles. The molecule has 1 saturated carbocycles. The molecule has 0 bridgehead atoms. The van der Waals surface area contributed by atoms with E-state index < -0.39 is 29.9 Å². The molecule has 35 heavy (non-hydrogen) atoms. The van der Waals surface area contributed by atoms with Crippen molar-refractivity contribution in [1.82, 2.24) is 10.6 Å². The highest BCUT2D eigenvalue weighted by Crippen LogP contribution is 2.44. The fourth-order valence-electron chi connectivity index (χ4n) is 4.93. The number of alkyl carbamates (subject to hydrolysis) is 1. The van der Waals surface area contributed by atoms with Gasteiger partial charge in [-0.2, -0.15) is 0 Å². The van der Waals surface area contributed by atoms with Crippen molar-refractivity contribution >= 4 is 18.0 Å². The first kappa shape index (κ1) is 22.7. The minimum Gasteiger partial charge on any atom is -0.481 e. The minimum atomic E-state index is -0.948. The van der Waals surface area contributed by atoms with Crippen LogP contribution in [0.2, 0.25) is 0 Å². The predicted molar refractivity (Wildman–Crippen MR) is 130 cm³/mol. The van der Waals surface area contributed by atoms with Gasteiger partial charge in [-0.25, -0.2) is 4.79 Å². The highest BCUT2D eigenvalue weighted by Gasteiger charge is 2.37. The third-order valence-corrected chi connectivity index (χ3v) is 6.83. The first-order valence-corrected chi connectivity index (χ1v) is 11.7. The SMILES string of the molecule is O=C(N[C@H](C(=O)NC1CC(C(=O)O)C1)c1ccccc1)OCC1c2ccccc2-c2ccccc21. The zero-order valence-electron chi connectivity index (χ0n) is 19.0. The maximum Gasteiger partial charge on any atom is 0.408 e. The summed E-state index contributed by atoms with van der Waals surface area (Å²) in [4.78, 5) is 36.9. The molecule has 3 N–H and O–H groups in total. The van der Waals surface area contributed by atoms with E-state index in [0.29, 0.717) is 18.4 Å². The molecule has 0 heterocycles. The number of ether oxygens (including phenoxy) is 1. The van der Waals surface area contributed by atoms with Crippen molar-refractivity contribution in [2.24, 2.45) is 5.92 Å². The summed E-state index contributed by atoms with van der Waals surface area (Å²) < 4.78 is 5.63. The molecule has 5 rings (SSSR count). The Labute approximate surface area is 203 Å². The Morgan fingerprint density at radius 2 is 1.43 bits per heavy atom. The van der Waals surface area contributed by atoms with Gasteiger partial charge in [0.25, 0.3) is 0 Å². The van der Waals surface area contributed by atoms with Gasteiger partial charge in [0, 0.05) is 12.0 Å². The van der Waals surface area contributed by atoms with Crippen molar-refractivity contribution in [2.75, 3.05) is 6.61 Å². The summed E-state index contributed by atoms with van der Waals surface area (Å²) in [6.45, 7) is 0.145. The van der Waals surface area contributed by atoms with Gasteiger partial charge >= 0.3 is 12.1 Å². The van der Waals surface area contributed by atoms with E-state index in [1.165, 1.54) is 0 Å². The molecule has 0 radical (unpaired) electrons. The smallest absolute Gasteiger partial charge is 0.408 e. The summed E-state index contributed by atoms with van der Waals surface area (Å²) in [6.07, 6.45) is 0.0778. The van der Waals surface area contributed by atoms with Crippen molar-refractivity contribution in [3.8, 4) is 11.1 Å². The second-order valence-electron chi connectivity index (χ2n) is 9.03. The number of hydrogen-bond donors (Lipinski definition) is 3. The van der Waals surface area contributed by atoms with Crippen LogP contribution >= 0.6 is 0 Å². The van der Waals surface area contributed by atoms with Gasteiger partial charge in [-0.3, -0.25) is 9.59 Å². The van der Waals surface area contributed by atoms with Gasteiger partial charge in [0.2, 0.25) is 5.91 Å². The number of hydrogen-bond acceptors (Lipinski definition) is 4. The maximum absolute atomic E-state index is 13.0. The van der Waals surface area contributed by atoms with Gasteiger partial charge in [0.15, 0.2) is 0 Å². The Bertz CT molecular complexity index is 1210. The molecule has 0 unspecified atom stereocenters. The zero-order chi connectivity index (χ0) is 24.4. The molecule has 7 heteroatoms. The molecule has 2 aliphatic rings. The number of aliphatic carboxylic acids is 1. The summed E-state index contributed by atoms with van der Waals surface area (Å²) in [5.74, 6) is -1.77. The summed E-state index contributed by atoms with van der Waals surface area (Å²) in [5, 5.41) is 14.6. The molecule has 178 valence electrons. The minimum absolute atomic E-state index is 0.0833. The molecule has 0 saturated heterocycles. The average Bonchev–Trinajstić information content (AvgIpc) is 3.17. The van der Waals surface area contributed by atoms with Gasteiger partial charge in [-0.05, 0) is 40.7 Å². The van der Waals surface area contributed by atoms with Crippen molar-refractivity contribution in [3.05, 3.63) is 95.6 Å². The van der Waals surface area contributed by atoms with E-state index in [0.717, 1.165) is 22.3 Å². The van der Waals surface area contributed by atoms with Crippen LogP contribution in [0.25, 0.3) is 11.1 Å². The lowest BCUT2D eigenvalue weighted by molar-refractivity contribution is -0.146. The summed E-state index contributed by atoms with van der Waals surface area (Å²) in [6, 6.07) is 23.9. The summed E-state index contributed by atoms with van der Waals surface area (Å²) in [7, 11) is 0. The first-order valence-electron chi connectivity index (χ1n) is 11.7. The van der Waals surface area contributed by atoms with Crippen molar-refractivity contribution in [3.63, 3.8) is 0 Å². The zero-order valence-corrected chi connectivity index (χ0v) is 19.0. The predicted octanol–water partition coefficient (Wildman–Crippen LogP) is 4.25. The molecule has 1 atom stereocenters. The van der Waals surface area contributed by atoms with E-state index in [1.807, 2.05) is 42.5 Å². The summed E-state index contributed by atoms with van der Waals surface area (Å²) in [5.41, 5.74) is 5.11. The second kappa shape index (κ2) is 9.62. The van der Waals surface area contributed by atoms with Gasteiger partial charge in [0.05, 0.1) is 5.92 Å². The Morgan fingerprint density at radius 3 is 2.03 bits per heavy atom. The Hall–Kier alpha value is -4.13. The lowest BCUT2D eigenvalue weighted by atomic mass is 9.80. The van der Waals surface area contributed by atoms with E-state index in [-0.39, 0.29) is 18.6 Å². The second-order valence-corrected chi connectivity index (χ2v) is 9.03. The third kappa shape index (κ3) is 4.62. The van der Waals surface area contributed by atoms with Crippen LogP contribution in [0.1, 0.15) is 41.5 Å². The highest BCUT2D eigenvalue weighted by atomic mass is 16.5. The summed E-state index contributed by atoms with van der Waals surface area (Å²) >= 11 is 0. The molecule has 2 amide bonds. The number of carbonyl (C=O) groups excluding carboxylic acids is 2. The number of nitrogens with one attached hydrogen (secondary N) is 2. The molecule has 7 nitrogen and oxygen atoms in total. The monoisotopic (exact) mass is 470 g/mol. The molecule has 0 spiro atoms. The van der Waals surface area contributed by atoms with E-state index in [4.69, 9.17) is 9.84 Å². The fraction of sp³-hybridized carbons (Fsp3) is 0.250. The average molecular weight is 471 g/mol. The number of benzene rings is 3. The van der Waals surface area contributed by atoms with E-state index in [9.17, 15) is 14.4 Å². The quantitative estimate of drug-likeness (QED) is 0.479. The lowest BCUT2D eigenvalue weighted by Gasteiger charge is -2.34. The van der Waals surface area contributed by atoms with Crippen molar-refractivity contribution in [1.29, 1.82) is 0 Å². The standard InChI is InChI=1S/C28H26N2O5/c31-26(29-19-14-18(15-19)27(32)33)25(17-8-2-1-3-9-17)30-28(34)35-16-24-22-12-6-4-10-20(22)21-11-5-7-13-23(21)24/h1-13,18-19,24-25H,14-16H2,(H,29,31)(H,30,34)(H,32,33)/t18?,19?,25-/m0/s1.